The van der Waals surface area contributed by atoms with Crippen molar-refractivity contribution in [1.82, 2.24) is 4.90 Å². The van der Waals surface area contributed by atoms with Crippen LogP contribution in [-0.2, 0) is 27.9 Å². The first-order chi connectivity index (χ1) is 10.5. The third-order valence-electron chi connectivity index (χ3n) is 2.99. The van der Waals surface area contributed by atoms with Gasteiger partial charge in [-0.05, 0) is 29.1 Å². The van der Waals surface area contributed by atoms with Crippen molar-refractivity contribution in [1.29, 1.82) is 0 Å². The van der Waals surface area contributed by atoms with Crippen molar-refractivity contribution in [2.75, 3.05) is 12.8 Å². The zero-order chi connectivity index (χ0) is 16.1. The Bertz CT molecular complexity index is 674. The molecule has 0 bridgehead atoms. The van der Waals surface area contributed by atoms with E-state index in [1.807, 2.05) is 17.5 Å². The predicted octanol–water partition coefficient (Wildman–Crippen LogP) is 2.93. The lowest BCUT2D eigenvalue weighted by molar-refractivity contribution is -0.127. The minimum atomic E-state index is -1.46. The molecule has 0 aliphatic carbocycles. The topological polar surface area (TPSA) is 37.4 Å². The molecule has 1 atom stereocenters. The Labute approximate surface area is 134 Å². The summed E-state index contributed by atoms with van der Waals surface area (Å²) in [6.45, 7) is 0.471. The molecule has 3 nitrogen and oxygen atoms in total. The molecule has 1 heterocycles. The maximum absolute atomic E-state index is 13.1. The van der Waals surface area contributed by atoms with E-state index < -0.39 is 22.4 Å². The van der Waals surface area contributed by atoms with E-state index in [0.29, 0.717) is 12.1 Å². The van der Waals surface area contributed by atoms with Gasteiger partial charge in [0.1, 0.15) is 5.75 Å². The van der Waals surface area contributed by atoms with Crippen molar-refractivity contribution >= 4 is 28.0 Å². The third kappa shape index (κ3) is 4.71. The van der Waals surface area contributed by atoms with Crippen LogP contribution in [0.4, 0.5) is 8.78 Å². The van der Waals surface area contributed by atoms with E-state index in [9.17, 15) is 17.8 Å². The van der Waals surface area contributed by atoms with Crippen LogP contribution >= 0.6 is 11.3 Å². The monoisotopic (exact) mass is 343 g/mol. The molecule has 7 heteroatoms. The lowest BCUT2D eigenvalue weighted by atomic mass is 10.2. The SMILES string of the molecule is CN(Cc1cccs1)C(=O)CS(=O)Cc1ccc(F)c(F)c1. The summed E-state index contributed by atoms with van der Waals surface area (Å²) >= 11 is 1.55. The maximum Gasteiger partial charge on any atom is 0.235 e. The van der Waals surface area contributed by atoms with Crippen LogP contribution < -0.4 is 0 Å². The fourth-order valence-electron chi connectivity index (χ4n) is 1.84. The number of nitrogens with zero attached hydrogens (tertiary/aromatic N) is 1. The van der Waals surface area contributed by atoms with Gasteiger partial charge in [-0.15, -0.1) is 11.3 Å². The first kappa shape index (κ1) is 16.8. The van der Waals surface area contributed by atoms with Gasteiger partial charge in [-0.25, -0.2) is 8.78 Å². The molecule has 0 saturated heterocycles. The lowest BCUT2D eigenvalue weighted by Crippen LogP contribution is -2.30. The number of benzene rings is 1. The third-order valence-corrected chi connectivity index (χ3v) is 5.08. The van der Waals surface area contributed by atoms with Crippen LogP contribution in [0.1, 0.15) is 10.4 Å². The van der Waals surface area contributed by atoms with Crippen LogP contribution in [0, 0.1) is 11.6 Å². The summed E-state index contributed by atoms with van der Waals surface area (Å²) in [6, 6.07) is 7.20. The van der Waals surface area contributed by atoms with E-state index in [1.54, 1.807) is 18.4 Å². The molecular weight excluding hydrogens is 328 g/mol. The van der Waals surface area contributed by atoms with Crippen LogP contribution in [0.2, 0.25) is 0 Å². The van der Waals surface area contributed by atoms with E-state index in [-0.39, 0.29) is 17.4 Å². The Hall–Kier alpha value is -1.60. The molecule has 118 valence electrons. The number of rotatable bonds is 6. The minimum Gasteiger partial charge on any atom is -0.340 e. The van der Waals surface area contributed by atoms with E-state index in [4.69, 9.17) is 0 Å². The molecule has 22 heavy (non-hydrogen) atoms. The summed E-state index contributed by atoms with van der Waals surface area (Å²) < 4.78 is 37.9. The number of halogens is 2. The number of hydrogen-bond acceptors (Lipinski definition) is 3. The van der Waals surface area contributed by atoms with Crippen LogP contribution in [0.3, 0.4) is 0 Å². The number of hydrogen-bond donors (Lipinski definition) is 0. The molecule has 0 spiro atoms. The van der Waals surface area contributed by atoms with Gasteiger partial charge in [-0.3, -0.25) is 9.00 Å². The van der Waals surface area contributed by atoms with Gasteiger partial charge in [0.15, 0.2) is 11.6 Å². The van der Waals surface area contributed by atoms with Crippen molar-refractivity contribution in [3.8, 4) is 0 Å². The second-order valence-corrected chi connectivity index (χ2v) is 7.30. The fraction of sp³-hybridized carbons (Fsp3) is 0.267. The van der Waals surface area contributed by atoms with Gasteiger partial charge in [-0.2, -0.15) is 0 Å². The Morgan fingerprint density at radius 2 is 2.05 bits per heavy atom. The molecular formula is C15H15F2NO2S2. The van der Waals surface area contributed by atoms with Crippen molar-refractivity contribution in [3.63, 3.8) is 0 Å². The zero-order valence-corrected chi connectivity index (χ0v) is 13.6. The number of thiophene rings is 1. The van der Waals surface area contributed by atoms with Gasteiger partial charge in [0.25, 0.3) is 0 Å². The van der Waals surface area contributed by atoms with Crippen LogP contribution in [-0.4, -0.2) is 27.8 Å². The molecule has 0 fully saturated rings. The summed E-state index contributed by atoms with van der Waals surface area (Å²) in [5, 5.41) is 1.93. The van der Waals surface area contributed by atoms with Gasteiger partial charge >= 0.3 is 0 Å². The predicted molar refractivity (Wildman–Crippen MR) is 83.9 cm³/mol. The highest BCUT2D eigenvalue weighted by molar-refractivity contribution is 7.84. The summed E-state index contributed by atoms with van der Waals surface area (Å²) in [7, 11) is 0.188. The fourth-order valence-corrected chi connectivity index (χ4v) is 3.75. The lowest BCUT2D eigenvalue weighted by Gasteiger charge is -2.16. The Balaban J connectivity index is 1.87. The average molecular weight is 343 g/mol. The largest absolute Gasteiger partial charge is 0.340 e. The Kier molecular flexibility index (Phi) is 5.79. The highest BCUT2D eigenvalue weighted by Crippen LogP contribution is 2.13. The van der Waals surface area contributed by atoms with E-state index in [0.717, 1.165) is 17.0 Å². The molecule has 1 unspecified atom stereocenters. The summed E-state index contributed by atoms with van der Waals surface area (Å²) in [6.07, 6.45) is 0. The molecule has 0 N–H and O–H groups in total. The van der Waals surface area contributed by atoms with Crippen LogP contribution in [0.25, 0.3) is 0 Å². The van der Waals surface area contributed by atoms with Gasteiger partial charge in [0.05, 0.1) is 6.54 Å². The quantitative estimate of drug-likeness (QED) is 0.809. The number of carbonyl (C=O) groups is 1. The molecule has 2 rings (SSSR count). The van der Waals surface area contributed by atoms with Crippen molar-refractivity contribution in [2.24, 2.45) is 0 Å². The Morgan fingerprint density at radius 1 is 1.27 bits per heavy atom. The van der Waals surface area contributed by atoms with E-state index in [1.165, 1.54) is 11.0 Å². The first-order valence-corrected chi connectivity index (χ1v) is 8.87. The van der Waals surface area contributed by atoms with Gasteiger partial charge in [0, 0.05) is 28.5 Å². The standard InChI is InChI=1S/C15H15F2NO2S2/c1-18(8-12-3-2-6-21-12)15(19)10-22(20)9-11-4-5-13(16)14(17)7-11/h2-7H,8-10H2,1H3. The second-order valence-electron chi connectivity index (χ2n) is 4.81. The molecule has 0 aliphatic rings. The van der Waals surface area contributed by atoms with Gasteiger partial charge < -0.3 is 4.90 Å². The van der Waals surface area contributed by atoms with E-state index in [2.05, 4.69) is 0 Å². The smallest absolute Gasteiger partial charge is 0.235 e. The zero-order valence-electron chi connectivity index (χ0n) is 11.9. The van der Waals surface area contributed by atoms with Crippen molar-refractivity contribution in [2.45, 2.75) is 12.3 Å². The van der Waals surface area contributed by atoms with Crippen LogP contribution in [0.5, 0.6) is 0 Å². The highest BCUT2D eigenvalue weighted by atomic mass is 32.2. The van der Waals surface area contributed by atoms with Crippen molar-refractivity contribution < 1.29 is 17.8 Å². The van der Waals surface area contributed by atoms with Crippen molar-refractivity contribution in [3.05, 3.63) is 57.8 Å². The second kappa shape index (κ2) is 7.60. The molecule has 1 aromatic carbocycles. The summed E-state index contributed by atoms with van der Waals surface area (Å²) in [4.78, 5) is 14.5. The Morgan fingerprint density at radius 3 is 2.68 bits per heavy atom. The molecule has 1 amide bonds. The summed E-state index contributed by atoms with van der Waals surface area (Å²) in [5.74, 6) is -2.28. The first-order valence-electron chi connectivity index (χ1n) is 6.51. The van der Waals surface area contributed by atoms with Gasteiger partial charge in [-0.1, -0.05) is 12.1 Å². The maximum atomic E-state index is 13.1. The molecule has 0 aliphatic heterocycles. The average Bonchev–Trinajstić information content (AvgIpc) is 2.95. The highest BCUT2D eigenvalue weighted by Gasteiger charge is 2.14. The van der Waals surface area contributed by atoms with E-state index >= 15 is 0 Å². The summed E-state index contributed by atoms with van der Waals surface area (Å²) in [5.41, 5.74) is 0.408. The number of carbonyl (C=O) groups excluding carboxylic acids is 1. The minimum absolute atomic E-state index is 0.0236. The molecule has 2 aromatic rings. The normalized spacial score (nSPS) is 12.1. The van der Waals surface area contributed by atoms with Crippen LogP contribution in [0.15, 0.2) is 35.7 Å². The molecule has 0 radical (unpaired) electrons. The van der Waals surface area contributed by atoms with Gasteiger partial charge in [0.2, 0.25) is 5.91 Å². The molecule has 0 saturated carbocycles. The molecule has 1 aromatic heterocycles. The number of amides is 1.